The number of hydrogen-bond acceptors (Lipinski definition) is 4. The summed E-state index contributed by atoms with van der Waals surface area (Å²) in [5, 5.41) is 17.5. The van der Waals surface area contributed by atoms with Gasteiger partial charge in [0, 0.05) is 43.5 Å². The predicted octanol–water partition coefficient (Wildman–Crippen LogP) is 0.411. The van der Waals surface area contributed by atoms with Crippen LogP contribution in [0.15, 0.2) is 23.6 Å². The topological polar surface area (TPSA) is 90.0 Å². The molecule has 1 saturated heterocycles. The van der Waals surface area contributed by atoms with Crippen molar-refractivity contribution in [3.05, 3.63) is 28.9 Å². The van der Waals surface area contributed by atoms with E-state index in [2.05, 4.69) is 20.0 Å². The molecule has 1 aromatic heterocycles. The maximum Gasteiger partial charge on any atom is 0.0917 e. The van der Waals surface area contributed by atoms with Gasteiger partial charge in [-0.25, -0.2) is 0 Å². The number of β-amino-alcohol motifs (C(OH)–C–C–N with tert-alkyl or cyclic N) is 1. The molecule has 0 saturated carbocycles. The van der Waals surface area contributed by atoms with Crippen LogP contribution in [0.25, 0.3) is 10.4 Å². The first-order valence-corrected chi connectivity index (χ1v) is 5.21. The third-order valence-electron chi connectivity index (χ3n) is 2.78. The molecule has 7 nitrogen and oxygen atoms in total. The summed E-state index contributed by atoms with van der Waals surface area (Å²) in [7, 11) is 0. The van der Waals surface area contributed by atoms with Crippen LogP contribution in [0.2, 0.25) is 0 Å². The molecule has 2 rings (SSSR count). The minimum Gasteiger partial charge on any atom is -0.390 e. The van der Waals surface area contributed by atoms with Gasteiger partial charge in [0.15, 0.2) is 0 Å². The van der Waals surface area contributed by atoms with Gasteiger partial charge in [0.05, 0.1) is 12.1 Å². The van der Waals surface area contributed by atoms with Gasteiger partial charge in [-0.05, 0) is 11.6 Å². The summed E-state index contributed by atoms with van der Waals surface area (Å²) in [5.74, 6) is 0. The molecule has 0 spiro atoms. The van der Waals surface area contributed by atoms with Crippen LogP contribution in [0, 0.1) is 0 Å². The Labute approximate surface area is 92.9 Å². The number of hydrogen-bond donors (Lipinski definition) is 1. The lowest BCUT2D eigenvalue weighted by Crippen LogP contribution is -2.24. The molecular formula is C9H14N6O. The van der Waals surface area contributed by atoms with Gasteiger partial charge in [0.25, 0.3) is 0 Å². The summed E-state index contributed by atoms with van der Waals surface area (Å²) in [6.45, 7) is 2.46. The molecule has 1 fully saturated rings. The van der Waals surface area contributed by atoms with Crippen LogP contribution >= 0.6 is 0 Å². The first kappa shape index (κ1) is 10.9. The van der Waals surface area contributed by atoms with Gasteiger partial charge in [-0.15, -0.1) is 0 Å². The van der Waals surface area contributed by atoms with E-state index in [1.54, 1.807) is 10.9 Å². The molecule has 0 bridgehead atoms. The second kappa shape index (κ2) is 4.98. The highest BCUT2D eigenvalue weighted by Gasteiger charge is 2.32. The zero-order valence-corrected chi connectivity index (χ0v) is 8.85. The van der Waals surface area contributed by atoms with Gasteiger partial charge in [-0.1, -0.05) is 5.11 Å². The van der Waals surface area contributed by atoms with Crippen molar-refractivity contribution in [1.82, 2.24) is 14.7 Å². The van der Waals surface area contributed by atoms with Crippen molar-refractivity contribution in [2.75, 3.05) is 26.2 Å². The molecule has 0 aromatic carbocycles. The van der Waals surface area contributed by atoms with E-state index in [9.17, 15) is 5.11 Å². The minimum absolute atomic E-state index is 0.000986. The molecular weight excluding hydrogens is 208 g/mol. The highest BCUT2D eigenvalue weighted by Crippen LogP contribution is 2.20. The number of aliphatic hydroxyl groups excluding tert-OH is 1. The van der Waals surface area contributed by atoms with Gasteiger partial charge in [0.1, 0.15) is 0 Å². The average Bonchev–Trinajstić information content (AvgIpc) is 2.87. The van der Waals surface area contributed by atoms with Crippen LogP contribution in [0.5, 0.6) is 0 Å². The van der Waals surface area contributed by atoms with E-state index in [1.165, 1.54) is 0 Å². The molecule has 0 aliphatic carbocycles. The highest BCUT2D eigenvalue weighted by molar-refractivity contribution is 4.91. The van der Waals surface area contributed by atoms with Crippen molar-refractivity contribution in [2.24, 2.45) is 5.11 Å². The molecule has 86 valence electrons. The number of aliphatic hydroxyl groups is 1. The predicted molar refractivity (Wildman–Crippen MR) is 57.7 cm³/mol. The van der Waals surface area contributed by atoms with E-state index in [0.29, 0.717) is 19.6 Å². The number of likely N-dealkylation sites (tertiary alicyclic amines) is 1. The van der Waals surface area contributed by atoms with Crippen LogP contribution in [0.1, 0.15) is 6.04 Å². The van der Waals surface area contributed by atoms with Crippen LogP contribution in [-0.2, 0) is 0 Å². The quantitative estimate of drug-likeness (QED) is 0.454. The zero-order valence-electron chi connectivity index (χ0n) is 8.85. The second-order valence-electron chi connectivity index (χ2n) is 3.83. The Morgan fingerprint density at radius 2 is 2.44 bits per heavy atom. The summed E-state index contributed by atoms with van der Waals surface area (Å²) < 4.78 is 1.78. The van der Waals surface area contributed by atoms with E-state index in [1.807, 2.05) is 12.3 Å². The third kappa shape index (κ3) is 2.33. The monoisotopic (exact) mass is 222 g/mol. The SMILES string of the molecule is [N-]=[N+]=NCCN1C[C@@H](O)[C@H](n2cccn2)C1. The molecule has 0 radical (unpaired) electrons. The van der Waals surface area contributed by atoms with Crippen molar-refractivity contribution in [3.8, 4) is 0 Å². The van der Waals surface area contributed by atoms with E-state index in [-0.39, 0.29) is 6.04 Å². The lowest BCUT2D eigenvalue weighted by Gasteiger charge is -2.14. The summed E-state index contributed by atoms with van der Waals surface area (Å²) in [4.78, 5) is 4.78. The maximum atomic E-state index is 9.88. The maximum absolute atomic E-state index is 9.88. The fraction of sp³-hybridized carbons (Fsp3) is 0.667. The zero-order chi connectivity index (χ0) is 11.4. The van der Waals surface area contributed by atoms with Crippen molar-refractivity contribution in [2.45, 2.75) is 12.1 Å². The first-order valence-electron chi connectivity index (χ1n) is 5.21. The fourth-order valence-corrected chi connectivity index (χ4v) is 2.00. The summed E-state index contributed by atoms with van der Waals surface area (Å²) in [6, 6.07) is 1.84. The van der Waals surface area contributed by atoms with Crippen LogP contribution in [-0.4, -0.2) is 52.1 Å². The minimum atomic E-state index is -0.411. The molecule has 1 aliphatic heterocycles. The van der Waals surface area contributed by atoms with Crippen molar-refractivity contribution >= 4 is 0 Å². The van der Waals surface area contributed by atoms with Gasteiger partial charge in [-0.3, -0.25) is 9.58 Å². The molecule has 2 atom stereocenters. The third-order valence-corrected chi connectivity index (χ3v) is 2.78. The number of rotatable bonds is 4. The number of nitrogens with zero attached hydrogens (tertiary/aromatic N) is 6. The van der Waals surface area contributed by atoms with Gasteiger partial charge >= 0.3 is 0 Å². The summed E-state index contributed by atoms with van der Waals surface area (Å²) >= 11 is 0. The molecule has 1 aromatic rings. The standard InChI is InChI=1S/C9H14N6O/c10-13-11-3-5-14-6-8(9(16)7-14)15-4-1-2-12-15/h1-2,4,8-9,16H,3,5-7H2/t8-,9-/m1/s1. The van der Waals surface area contributed by atoms with E-state index < -0.39 is 6.10 Å². The van der Waals surface area contributed by atoms with Gasteiger partial charge in [-0.2, -0.15) is 5.10 Å². The first-order chi connectivity index (χ1) is 7.81. The van der Waals surface area contributed by atoms with Crippen molar-refractivity contribution in [1.29, 1.82) is 0 Å². The summed E-state index contributed by atoms with van der Waals surface area (Å²) in [6.07, 6.45) is 3.14. The summed E-state index contributed by atoms with van der Waals surface area (Å²) in [5.41, 5.74) is 8.17. The molecule has 1 N–H and O–H groups in total. The highest BCUT2D eigenvalue weighted by atomic mass is 16.3. The largest absolute Gasteiger partial charge is 0.390 e. The second-order valence-corrected chi connectivity index (χ2v) is 3.83. The fourth-order valence-electron chi connectivity index (χ4n) is 2.00. The Morgan fingerprint density at radius 1 is 1.56 bits per heavy atom. The molecule has 16 heavy (non-hydrogen) atoms. The number of azide groups is 1. The molecule has 0 unspecified atom stereocenters. The Morgan fingerprint density at radius 3 is 3.12 bits per heavy atom. The molecule has 2 heterocycles. The Bertz CT molecular complexity index is 371. The van der Waals surface area contributed by atoms with Crippen LogP contribution < -0.4 is 0 Å². The Balaban J connectivity index is 1.91. The van der Waals surface area contributed by atoms with E-state index >= 15 is 0 Å². The van der Waals surface area contributed by atoms with Gasteiger partial charge in [0.2, 0.25) is 0 Å². The van der Waals surface area contributed by atoms with Crippen molar-refractivity contribution < 1.29 is 5.11 Å². The van der Waals surface area contributed by atoms with Crippen molar-refractivity contribution in [3.63, 3.8) is 0 Å². The van der Waals surface area contributed by atoms with E-state index in [4.69, 9.17) is 5.53 Å². The Hall–Kier alpha value is -1.56. The Kier molecular flexibility index (Phi) is 3.40. The average molecular weight is 222 g/mol. The molecule has 0 amide bonds. The molecule has 1 aliphatic rings. The lowest BCUT2D eigenvalue weighted by molar-refractivity contribution is 0.139. The van der Waals surface area contributed by atoms with E-state index in [0.717, 1.165) is 6.54 Å². The van der Waals surface area contributed by atoms with Gasteiger partial charge < -0.3 is 5.11 Å². The van der Waals surface area contributed by atoms with Crippen LogP contribution in [0.3, 0.4) is 0 Å². The van der Waals surface area contributed by atoms with Crippen LogP contribution in [0.4, 0.5) is 0 Å². The number of aromatic nitrogens is 2. The lowest BCUT2D eigenvalue weighted by atomic mass is 10.2. The smallest absolute Gasteiger partial charge is 0.0917 e. The molecule has 7 heteroatoms. The normalized spacial score (nSPS) is 25.6.